The third kappa shape index (κ3) is 28.9. The summed E-state index contributed by atoms with van der Waals surface area (Å²) in [5.74, 6) is 6.22. The Morgan fingerprint density at radius 2 is 1.57 bits per heavy atom. The van der Waals surface area contributed by atoms with Gasteiger partial charge in [-0.25, -0.2) is 0 Å². The van der Waals surface area contributed by atoms with Crippen LogP contribution in [0.2, 0.25) is 0 Å². The molecule has 7 unspecified atom stereocenters. The van der Waals surface area contributed by atoms with Gasteiger partial charge in [0.15, 0.2) is 0 Å². The van der Waals surface area contributed by atoms with Crippen molar-refractivity contribution in [3.05, 3.63) is 11.6 Å². The van der Waals surface area contributed by atoms with Crippen LogP contribution in [0.15, 0.2) is 11.6 Å². The molecule has 0 saturated heterocycles. The van der Waals surface area contributed by atoms with E-state index in [0.29, 0.717) is 23.9 Å². The molecule has 264 valence electrons. The minimum absolute atomic E-state index is 0.0632. The Morgan fingerprint density at radius 3 is 2.09 bits per heavy atom. The molecule has 0 rings (SSSR count). The van der Waals surface area contributed by atoms with Crippen molar-refractivity contribution < 1.29 is 5.11 Å². The molecule has 0 aliphatic rings. The molecule has 0 saturated carbocycles. The molecule has 0 spiro atoms. The van der Waals surface area contributed by atoms with Gasteiger partial charge < -0.3 is 26.8 Å². The van der Waals surface area contributed by atoms with Crippen molar-refractivity contribution >= 4 is 11.8 Å². The molecular weight excluding hydrogens is 563 g/mol. The van der Waals surface area contributed by atoms with Gasteiger partial charge in [0, 0.05) is 44.0 Å². The first-order valence-electron chi connectivity index (χ1n) is 18.0. The number of terminal acetylenes is 1. The summed E-state index contributed by atoms with van der Waals surface area (Å²) in [5, 5.41) is 24.2. The highest BCUT2D eigenvalue weighted by Gasteiger charge is 2.25. The number of aliphatic hydroxyl groups excluding tert-OH is 1. The lowest BCUT2D eigenvalue weighted by molar-refractivity contribution is 0.166. The summed E-state index contributed by atoms with van der Waals surface area (Å²) in [7, 11) is 0. The minimum Gasteiger partial charge on any atom is -0.393 e. The van der Waals surface area contributed by atoms with E-state index in [0.717, 1.165) is 69.4 Å². The molecule has 7 atom stereocenters. The average molecular weight is 642 g/mol. The SMILES string of the molecule is C#CCSCCC(CC)NCNCNC(C)CNC(C)C(N)C(C)C(C)C(C)=CCC(O)CCC.CC.CCCCC(C)C. The van der Waals surface area contributed by atoms with Crippen LogP contribution in [-0.4, -0.2) is 66.8 Å². The van der Waals surface area contributed by atoms with Crippen molar-refractivity contribution in [2.45, 2.75) is 165 Å². The van der Waals surface area contributed by atoms with Crippen LogP contribution in [0.25, 0.3) is 0 Å². The maximum Gasteiger partial charge on any atom is 0.0574 e. The van der Waals surface area contributed by atoms with E-state index in [2.05, 4.69) is 103 Å². The Labute approximate surface area is 281 Å². The van der Waals surface area contributed by atoms with E-state index in [1.165, 1.54) is 24.8 Å². The number of hydrogen-bond acceptors (Lipinski definition) is 7. The maximum absolute atomic E-state index is 10.0. The fraction of sp³-hybridized carbons (Fsp3) is 0.892. The zero-order valence-corrected chi connectivity index (χ0v) is 32.2. The minimum atomic E-state index is -0.234. The molecule has 0 bridgehead atoms. The van der Waals surface area contributed by atoms with Crippen molar-refractivity contribution in [3.8, 4) is 12.3 Å². The van der Waals surface area contributed by atoms with E-state index < -0.39 is 0 Å². The van der Waals surface area contributed by atoms with Crippen LogP contribution < -0.4 is 27.0 Å². The molecule has 6 nitrogen and oxygen atoms in total. The van der Waals surface area contributed by atoms with Gasteiger partial charge in [0.2, 0.25) is 0 Å². The number of allylic oxidation sites excluding steroid dienone is 1. The number of rotatable bonds is 25. The zero-order chi connectivity index (χ0) is 34.3. The summed E-state index contributed by atoms with van der Waals surface area (Å²) >= 11 is 1.83. The van der Waals surface area contributed by atoms with Gasteiger partial charge in [-0.1, -0.05) is 106 Å². The summed E-state index contributed by atoms with van der Waals surface area (Å²) in [5.41, 5.74) is 7.95. The second-order valence-corrected chi connectivity index (χ2v) is 13.8. The number of aliphatic hydroxyl groups is 1. The molecule has 0 heterocycles. The van der Waals surface area contributed by atoms with E-state index in [1.54, 1.807) is 0 Å². The highest BCUT2D eigenvalue weighted by molar-refractivity contribution is 7.99. The zero-order valence-electron chi connectivity index (χ0n) is 31.4. The van der Waals surface area contributed by atoms with Crippen LogP contribution in [0.4, 0.5) is 0 Å². The van der Waals surface area contributed by atoms with E-state index in [9.17, 15) is 5.11 Å². The number of thioether (sulfide) groups is 1. The molecule has 0 aromatic rings. The lowest BCUT2D eigenvalue weighted by Gasteiger charge is -2.32. The van der Waals surface area contributed by atoms with E-state index in [1.807, 2.05) is 25.6 Å². The molecule has 0 radical (unpaired) electrons. The highest BCUT2D eigenvalue weighted by atomic mass is 32.2. The summed E-state index contributed by atoms with van der Waals surface area (Å²) < 4.78 is 0. The maximum atomic E-state index is 10.0. The van der Waals surface area contributed by atoms with Gasteiger partial charge in [0.05, 0.1) is 11.9 Å². The number of unbranched alkanes of at least 4 members (excludes halogenated alkanes) is 1. The second kappa shape index (κ2) is 33.8. The standard InChI is InChI=1S/C28H57N5OS.C7H16.C2H6/c1-9-12-27(34)14-13-21(4)23(6)24(7)28(29)25(8)31-18-22(5)32-19-30-20-33-26(11-3)15-17-35-16-10-2;1-4-5-6-7(2)3;1-2/h2,13,22-28,30-34H,9,11-12,14-20,29H2,1,3-8H3;7H,4-6H2,1-3H3;1-2H3. The second-order valence-electron chi connectivity index (χ2n) is 12.6. The lowest BCUT2D eigenvalue weighted by Crippen LogP contribution is -2.52. The van der Waals surface area contributed by atoms with E-state index in [4.69, 9.17) is 12.2 Å². The third-order valence-electron chi connectivity index (χ3n) is 8.29. The quantitative estimate of drug-likeness (QED) is 0.0266. The normalized spacial score (nSPS) is 16.4. The molecule has 44 heavy (non-hydrogen) atoms. The van der Waals surface area contributed by atoms with E-state index >= 15 is 0 Å². The molecule has 0 aromatic heterocycles. The first kappa shape index (κ1) is 47.8. The van der Waals surface area contributed by atoms with Gasteiger partial charge in [-0.15, -0.1) is 18.2 Å². The topological polar surface area (TPSA) is 94.4 Å². The van der Waals surface area contributed by atoms with Crippen LogP contribution in [0.5, 0.6) is 0 Å². The van der Waals surface area contributed by atoms with Crippen LogP contribution in [0.3, 0.4) is 0 Å². The van der Waals surface area contributed by atoms with Crippen LogP contribution in [0.1, 0.15) is 134 Å². The summed E-state index contributed by atoms with van der Waals surface area (Å²) in [6.07, 6.45) is 16.3. The fourth-order valence-electron chi connectivity index (χ4n) is 4.68. The van der Waals surface area contributed by atoms with Gasteiger partial charge >= 0.3 is 0 Å². The molecule has 0 fully saturated rings. The Kier molecular flexibility index (Phi) is 36.7. The number of nitrogens with two attached hydrogens (primary N) is 1. The van der Waals surface area contributed by atoms with Crippen LogP contribution in [0, 0.1) is 30.1 Å². The van der Waals surface area contributed by atoms with Gasteiger partial charge in [-0.05, 0) is 70.0 Å². The van der Waals surface area contributed by atoms with Crippen molar-refractivity contribution in [2.24, 2.45) is 23.5 Å². The first-order valence-corrected chi connectivity index (χ1v) is 19.1. The van der Waals surface area contributed by atoms with Crippen molar-refractivity contribution in [3.63, 3.8) is 0 Å². The molecule has 0 aromatic carbocycles. The highest BCUT2D eigenvalue weighted by Crippen LogP contribution is 2.24. The Bertz CT molecular complexity index is 669. The number of nitrogens with one attached hydrogen (secondary N) is 4. The molecule has 0 aliphatic carbocycles. The van der Waals surface area contributed by atoms with Gasteiger partial charge in [0.1, 0.15) is 0 Å². The smallest absolute Gasteiger partial charge is 0.0574 e. The van der Waals surface area contributed by atoms with E-state index in [-0.39, 0.29) is 18.2 Å². The molecule has 7 heteroatoms. The van der Waals surface area contributed by atoms with Crippen molar-refractivity contribution in [2.75, 3.05) is 31.4 Å². The largest absolute Gasteiger partial charge is 0.393 e. The summed E-state index contributed by atoms with van der Waals surface area (Å²) in [4.78, 5) is 0. The summed E-state index contributed by atoms with van der Waals surface area (Å²) in [6.45, 7) is 28.6. The predicted octanol–water partition coefficient (Wildman–Crippen LogP) is 7.53. The Balaban J connectivity index is -0.00000163. The Morgan fingerprint density at radius 1 is 0.932 bits per heavy atom. The average Bonchev–Trinajstić information content (AvgIpc) is 3.02. The Hall–Kier alpha value is -0.590. The molecule has 0 amide bonds. The van der Waals surface area contributed by atoms with Crippen molar-refractivity contribution in [1.82, 2.24) is 21.3 Å². The van der Waals surface area contributed by atoms with Crippen LogP contribution in [-0.2, 0) is 0 Å². The lowest BCUT2D eigenvalue weighted by atomic mass is 9.81. The molecule has 7 N–H and O–H groups in total. The van der Waals surface area contributed by atoms with Gasteiger partial charge in [-0.2, -0.15) is 0 Å². The molecular formula is C37H79N5OS. The predicted molar refractivity (Wildman–Crippen MR) is 202 cm³/mol. The first-order chi connectivity index (χ1) is 20.9. The van der Waals surface area contributed by atoms with Crippen LogP contribution >= 0.6 is 11.8 Å². The monoisotopic (exact) mass is 642 g/mol. The van der Waals surface area contributed by atoms with Gasteiger partial charge in [0.25, 0.3) is 0 Å². The third-order valence-corrected chi connectivity index (χ3v) is 9.18. The van der Waals surface area contributed by atoms with Gasteiger partial charge in [-0.3, -0.25) is 5.32 Å². The fourth-order valence-corrected chi connectivity index (χ4v) is 5.39. The van der Waals surface area contributed by atoms with Crippen molar-refractivity contribution in [1.29, 1.82) is 0 Å². The number of hydrogen-bond donors (Lipinski definition) is 6. The summed E-state index contributed by atoms with van der Waals surface area (Å²) in [6, 6.07) is 1.16. The molecule has 0 aliphatic heterocycles.